The highest BCUT2D eigenvalue weighted by atomic mass is 32.1. The van der Waals surface area contributed by atoms with Crippen LogP contribution in [0, 0.1) is 11.3 Å². The average Bonchev–Trinajstić information content (AvgIpc) is 3.27. The molecule has 0 amide bonds. The van der Waals surface area contributed by atoms with Crippen LogP contribution in [0.15, 0.2) is 72.8 Å². The number of aromatic nitrogens is 1. The van der Waals surface area contributed by atoms with E-state index in [9.17, 15) is 10.1 Å². The van der Waals surface area contributed by atoms with Crippen LogP contribution in [-0.2, 0) is 4.79 Å². The number of fused-ring (bicyclic) bond motifs is 4. The van der Waals surface area contributed by atoms with Crippen molar-refractivity contribution in [2.75, 3.05) is 0 Å². The summed E-state index contributed by atoms with van der Waals surface area (Å²) in [5.41, 5.74) is 4.94. The Kier molecular flexibility index (Phi) is 3.63. The number of carbonyl (C=O) groups excluding carboxylic acids is 1. The summed E-state index contributed by atoms with van der Waals surface area (Å²) in [4.78, 5) is 18.1. The van der Waals surface area contributed by atoms with Gasteiger partial charge in [0.05, 0.1) is 22.2 Å². The normalized spacial score (nSPS) is 13.7. The third-order valence-corrected chi connectivity index (χ3v) is 6.19. The van der Waals surface area contributed by atoms with E-state index in [0.29, 0.717) is 5.01 Å². The Morgan fingerprint density at radius 3 is 2.15 bits per heavy atom. The number of carbonyl (C=O) groups is 1. The van der Waals surface area contributed by atoms with Crippen molar-refractivity contribution in [2.45, 2.75) is 11.8 Å². The van der Waals surface area contributed by atoms with Gasteiger partial charge in [-0.15, -0.1) is 11.3 Å². The van der Waals surface area contributed by atoms with Gasteiger partial charge in [0.1, 0.15) is 5.01 Å². The maximum absolute atomic E-state index is 13.5. The highest BCUT2D eigenvalue weighted by Gasteiger charge is 2.38. The van der Waals surface area contributed by atoms with Crippen molar-refractivity contribution in [3.63, 3.8) is 0 Å². The van der Waals surface area contributed by atoms with Crippen LogP contribution in [-0.4, -0.2) is 10.8 Å². The molecule has 3 nitrogen and oxygen atoms in total. The first kappa shape index (κ1) is 15.9. The molecule has 1 aliphatic carbocycles. The molecule has 3 aromatic carbocycles. The monoisotopic (exact) mass is 366 g/mol. The molecule has 1 aliphatic rings. The second kappa shape index (κ2) is 6.15. The Morgan fingerprint density at radius 2 is 1.52 bits per heavy atom. The smallest absolute Gasteiger partial charge is 0.168 e. The van der Waals surface area contributed by atoms with E-state index in [1.165, 1.54) is 11.3 Å². The molecular weight excluding hydrogens is 352 g/mol. The second-order valence-corrected chi connectivity index (χ2v) is 7.65. The van der Waals surface area contributed by atoms with Crippen molar-refractivity contribution in [1.29, 1.82) is 5.26 Å². The molecule has 1 heterocycles. The van der Waals surface area contributed by atoms with Crippen LogP contribution < -0.4 is 0 Å². The lowest BCUT2D eigenvalue weighted by molar-refractivity contribution is -0.119. The number of thiazole rings is 1. The molecule has 1 atom stereocenters. The molecular formula is C23H14N2OS. The van der Waals surface area contributed by atoms with Crippen molar-refractivity contribution in [1.82, 2.24) is 4.98 Å². The van der Waals surface area contributed by atoms with E-state index in [4.69, 9.17) is 0 Å². The Hall–Kier alpha value is -3.29. The minimum atomic E-state index is -0.869. The quantitative estimate of drug-likeness (QED) is 0.495. The highest BCUT2D eigenvalue weighted by Crippen LogP contribution is 2.47. The lowest BCUT2D eigenvalue weighted by Gasteiger charge is -2.15. The van der Waals surface area contributed by atoms with Crippen LogP contribution in [0.5, 0.6) is 0 Å². The molecule has 27 heavy (non-hydrogen) atoms. The number of para-hydroxylation sites is 1. The first-order valence-electron chi connectivity index (χ1n) is 8.75. The summed E-state index contributed by atoms with van der Waals surface area (Å²) in [6.45, 7) is 0. The predicted molar refractivity (Wildman–Crippen MR) is 107 cm³/mol. The van der Waals surface area contributed by atoms with Crippen molar-refractivity contribution in [3.8, 4) is 17.2 Å². The number of rotatable bonds is 3. The molecule has 0 radical (unpaired) electrons. The summed E-state index contributed by atoms with van der Waals surface area (Å²) < 4.78 is 0.993. The number of nitrogens with zero attached hydrogens (tertiary/aromatic N) is 2. The maximum Gasteiger partial charge on any atom is 0.168 e. The summed E-state index contributed by atoms with van der Waals surface area (Å²) in [7, 11) is 0. The number of hydrogen-bond donors (Lipinski definition) is 0. The Labute approximate surface area is 160 Å². The summed E-state index contributed by atoms with van der Waals surface area (Å²) in [5, 5.41) is 10.4. The molecule has 0 aliphatic heterocycles. The van der Waals surface area contributed by atoms with Crippen LogP contribution in [0.2, 0.25) is 0 Å². The van der Waals surface area contributed by atoms with Crippen molar-refractivity contribution >= 4 is 27.3 Å². The first-order valence-corrected chi connectivity index (χ1v) is 9.56. The summed E-state index contributed by atoms with van der Waals surface area (Å²) in [6, 6.07) is 25.9. The summed E-state index contributed by atoms with van der Waals surface area (Å²) in [5.74, 6) is -1.39. The van der Waals surface area contributed by atoms with Gasteiger partial charge in [0.2, 0.25) is 0 Å². The maximum atomic E-state index is 13.5. The van der Waals surface area contributed by atoms with Crippen LogP contribution in [0.4, 0.5) is 0 Å². The van der Waals surface area contributed by atoms with Gasteiger partial charge in [-0.2, -0.15) is 5.26 Å². The molecule has 1 unspecified atom stereocenters. The fourth-order valence-corrected chi connectivity index (χ4v) is 4.90. The lowest BCUT2D eigenvalue weighted by Crippen LogP contribution is -2.19. The molecule has 0 saturated carbocycles. The minimum absolute atomic E-state index is 0.103. The van der Waals surface area contributed by atoms with Gasteiger partial charge in [-0.25, -0.2) is 4.98 Å². The van der Waals surface area contributed by atoms with E-state index < -0.39 is 11.8 Å². The molecule has 5 rings (SSSR count). The lowest BCUT2D eigenvalue weighted by atomic mass is 9.86. The topological polar surface area (TPSA) is 53.8 Å². The Morgan fingerprint density at radius 1 is 0.926 bits per heavy atom. The number of ketones is 1. The number of nitriles is 1. The van der Waals surface area contributed by atoms with Crippen molar-refractivity contribution < 1.29 is 4.79 Å². The molecule has 0 saturated heterocycles. The predicted octanol–water partition coefficient (Wildman–Crippen LogP) is 5.29. The van der Waals surface area contributed by atoms with E-state index in [1.807, 2.05) is 72.8 Å². The van der Waals surface area contributed by atoms with Gasteiger partial charge >= 0.3 is 0 Å². The standard InChI is InChI=1S/C23H14N2OS/c24-13-18(23-25-19-11-5-6-12-20(19)27-23)22(26)21-16-9-3-1-7-14(16)15-8-2-4-10-17(15)21/h1-12,18,21H. The van der Waals surface area contributed by atoms with Gasteiger partial charge in [-0.1, -0.05) is 60.7 Å². The summed E-state index contributed by atoms with van der Waals surface area (Å²) in [6.07, 6.45) is 0. The third-order valence-electron chi connectivity index (χ3n) is 5.09. The molecule has 4 heteroatoms. The third kappa shape index (κ3) is 2.40. The fourth-order valence-electron chi connectivity index (χ4n) is 3.88. The van der Waals surface area contributed by atoms with Crippen LogP contribution in [0.3, 0.4) is 0 Å². The van der Waals surface area contributed by atoms with Gasteiger partial charge < -0.3 is 0 Å². The Bertz CT molecular complexity index is 1160. The van der Waals surface area contributed by atoms with E-state index in [-0.39, 0.29) is 5.78 Å². The molecule has 4 aromatic rings. The number of hydrogen-bond acceptors (Lipinski definition) is 4. The molecule has 0 fully saturated rings. The first-order chi connectivity index (χ1) is 13.3. The largest absolute Gasteiger partial charge is 0.297 e. The van der Waals surface area contributed by atoms with Gasteiger partial charge in [0.25, 0.3) is 0 Å². The van der Waals surface area contributed by atoms with Gasteiger partial charge in [0.15, 0.2) is 11.7 Å². The van der Waals surface area contributed by atoms with Gasteiger partial charge in [-0.3, -0.25) is 4.79 Å². The van der Waals surface area contributed by atoms with Crippen molar-refractivity contribution in [2.24, 2.45) is 0 Å². The number of benzene rings is 3. The average molecular weight is 366 g/mol. The van der Waals surface area contributed by atoms with Crippen molar-refractivity contribution in [3.05, 3.63) is 88.9 Å². The SMILES string of the molecule is N#CC(C(=O)C1c2ccccc2-c2ccccc21)c1nc2ccccc2s1. The van der Waals surface area contributed by atoms with E-state index in [0.717, 1.165) is 32.5 Å². The molecule has 128 valence electrons. The summed E-state index contributed by atoms with van der Waals surface area (Å²) >= 11 is 1.43. The second-order valence-electron chi connectivity index (χ2n) is 6.59. The minimum Gasteiger partial charge on any atom is -0.297 e. The van der Waals surface area contributed by atoms with Gasteiger partial charge in [-0.05, 0) is 34.4 Å². The van der Waals surface area contributed by atoms with E-state index >= 15 is 0 Å². The number of Topliss-reactive ketones (excluding diaryl/α,β-unsaturated/α-hetero) is 1. The zero-order valence-electron chi connectivity index (χ0n) is 14.3. The van der Waals surface area contributed by atoms with E-state index in [2.05, 4.69) is 11.1 Å². The van der Waals surface area contributed by atoms with Crippen LogP contribution in [0.1, 0.15) is 28.0 Å². The van der Waals surface area contributed by atoms with Crippen LogP contribution in [0.25, 0.3) is 21.3 Å². The van der Waals surface area contributed by atoms with Gasteiger partial charge in [0, 0.05) is 0 Å². The van der Waals surface area contributed by atoms with Crippen LogP contribution >= 0.6 is 11.3 Å². The molecule has 1 aromatic heterocycles. The van der Waals surface area contributed by atoms with E-state index in [1.54, 1.807) is 0 Å². The molecule has 0 N–H and O–H groups in total. The molecule has 0 bridgehead atoms. The zero-order chi connectivity index (χ0) is 18.4. The fraction of sp³-hybridized carbons (Fsp3) is 0.0870. The highest BCUT2D eigenvalue weighted by molar-refractivity contribution is 7.18. The Balaban J connectivity index is 1.63. The molecule has 0 spiro atoms. The zero-order valence-corrected chi connectivity index (χ0v) is 15.1.